The molecule has 208 valence electrons. The van der Waals surface area contributed by atoms with Gasteiger partial charge in [-0.2, -0.15) is 15.3 Å². The van der Waals surface area contributed by atoms with Gasteiger partial charge in [0.15, 0.2) is 5.69 Å². The van der Waals surface area contributed by atoms with E-state index in [9.17, 15) is 18.4 Å². The van der Waals surface area contributed by atoms with Crippen LogP contribution in [0, 0.1) is 11.8 Å². The zero-order valence-corrected chi connectivity index (χ0v) is 22.5. The first-order valence-corrected chi connectivity index (χ1v) is 12.8. The second kappa shape index (κ2) is 10.5. The van der Waals surface area contributed by atoms with Gasteiger partial charge >= 0.3 is 0 Å². The second-order valence-electron chi connectivity index (χ2n) is 9.74. The van der Waals surface area contributed by atoms with Crippen LogP contribution in [-0.2, 0) is 9.53 Å². The van der Waals surface area contributed by atoms with Crippen LogP contribution >= 0.6 is 11.6 Å². The van der Waals surface area contributed by atoms with Gasteiger partial charge in [0.05, 0.1) is 41.3 Å². The number of anilines is 1. The molecule has 1 unspecified atom stereocenters. The highest BCUT2D eigenvalue weighted by molar-refractivity contribution is 6.32. The van der Waals surface area contributed by atoms with Crippen molar-refractivity contribution >= 4 is 40.1 Å². The fraction of sp³-hybridized carbons (Fsp3) is 0.370. The number of nitrogens with zero attached hydrogens (tertiary/aromatic N) is 5. The molecule has 1 saturated heterocycles. The lowest BCUT2D eigenvalue weighted by atomic mass is 10.0. The molecule has 1 saturated carbocycles. The van der Waals surface area contributed by atoms with E-state index in [-0.39, 0.29) is 40.7 Å². The van der Waals surface area contributed by atoms with Crippen molar-refractivity contribution in [2.45, 2.75) is 36.8 Å². The van der Waals surface area contributed by atoms with Crippen LogP contribution in [0.3, 0.4) is 0 Å². The van der Waals surface area contributed by atoms with Crippen LogP contribution in [0.4, 0.5) is 14.6 Å². The van der Waals surface area contributed by atoms with Crippen LogP contribution < -0.4 is 11.1 Å². The van der Waals surface area contributed by atoms with Crippen LogP contribution in [0.15, 0.2) is 31.0 Å². The van der Waals surface area contributed by atoms with E-state index in [1.165, 1.54) is 12.3 Å². The average Bonchev–Trinajstić information content (AvgIpc) is 3.24. The lowest BCUT2D eigenvalue weighted by Gasteiger charge is -2.22. The third kappa shape index (κ3) is 4.87. The second-order valence-corrected chi connectivity index (χ2v) is 10.1. The van der Waals surface area contributed by atoms with E-state index in [0.29, 0.717) is 47.4 Å². The van der Waals surface area contributed by atoms with Crippen molar-refractivity contribution in [1.29, 1.82) is 0 Å². The fourth-order valence-corrected chi connectivity index (χ4v) is 5.43. The summed E-state index contributed by atoms with van der Waals surface area (Å²) in [5.41, 5.74) is 7.02. The molecule has 1 aliphatic carbocycles. The summed E-state index contributed by atoms with van der Waals surface area (Å²) in [7, 11) is 3.19. The third-order valence-corrected chi connectivity index (χ3v) is 7.54. The standard InChI is InChI=1S/C27H26ClF2N7O3/c1-4-23(38)36-12-15(8-16(36)13-40-3)37-26(32-2)24(25(31)39)21(35-37)6-5-14-7-22-17(9-20(14)28)18(11-33-34-22)19-10-27(19,29)30/h4,7,9,11,15-16,19,32H,1,8,10,12-13H2,2-3H3,(H2,31,39)/t15-,16+,19?/m0/s1. The maximum absolute atomic E-state index is 13.7. The number of rotatable bonds is 7. The number of fused-ring (bicyclic) bond motifs is 1. The molecular weight excluding hydrogens is 544 g/mol. The molecule has 10 nitrogen and oxygen atoms in total. The van der Waals surface area contributed by atoms with Crippen LogP contribution in [-0.4, -0.2) is 76.0 Å². The minimum atomic E-state index is -2.77. The summed E-state index contributed by atoms with van der Waals surface area (Å²) in [6, 6.07) is 2.61. The van der Waals surface area contributed by atoms with E-state index in [1.807, 2.05) is 0 Å². The van der Waals surface area contributed by atoms with Gasteiger partial charge in [0.1, 0.15) is 11.4 Å². The summed E-state index contributed by atoms with van der Waals surface area (Å²) in [5.74, 6) is 1.49. The molecular formula is C27H26ClF2N7O3. The Bertz CT molecular complexity index is 1600. The summed E-state index contributed by atoms with van der Waals surface area (Å²) in [4.78, 5) is 26.6. The smallest absolute Gasteiger partial charge is 0.256 e. The molecule has 2 amide bonds. The molecule has 5 rings (SSSR count). The van der Waals surface area contributed by atoms with Crippen molar-refractivity contribution in [3.05, 3.63) is 58.4 Å². The van der Waals surface area contributed by atoms with E-state index in [4.69, 9.17) is 22.1 Å². The molecule has 3 aromatic rings. The molecule has 13 heteroatoms. The number of hydrogen-bond acceptors (Lipinski definition) is 7. The molecule has 1 aromatic carbocycles. The lowest BCUT2D eigenvalue weighted by Crippen LogP contribution is -2.37. The number of aromatic nitrogens is 4. The predicted molar refractivity (Wildman–Crippen MR) is 144 cm³/mol. The van der Waals surface area contributed by atoms with Gasteiger partial charge in [0.25, 0.3) is 11.8 Å². The van der Waals surface area contributed by atoms with Crippen LogP contribution in [0.1, 0.15) is 52.0 Å². The Labute approximate surface area is 233 Å². The number of ether oxygens (including phenoxy) is 1. The Morgan fingerprint density at radius 3 is 2.75 bits per heavy atom. The van der Waals surface area contributed by atoms with Gasteiger partial charge in [-0.25, -0.2) is 13.5 Å². The van der Waals surface area contributed by atoms with Crippen LogP contribution in [0.5, 0.6) is 0 Å². The zero-order chi connectivity index (χ0) is 28.8. The topological polar surface area (TPSA) is 128 Å². The molecule has 2 aromatic heterocycles. The molecule has 40 heavy (non-hydrogen) atoms. The number of benzene rings is 1. The average molecular weight is 570 g/mol. The number of methoxy groups -OCH3 is 1. The Balaban J connectivity index is 1.52. The highest BCUT2D eigenvalue weighted by atomic mass is 35.5. The quantitative estimate of drug-likeness (QED) is 0.330. The predicted octanol–water partition coefficient (Wildman–Crippen LogP) is 3.12. The Hall–Kier alpha value is -4.08. The maximum atomic E-state index is 13.7. The fourth-order valence-electron chi connectivity index (χ4n) is 5.22. The molecule has 3 atom stereocenters. The van der Waals surface area contributed by atoms with E-state index in [0.717, 1.165) is 0 Å². The number of amides is 2. The van der Waals surface area contributed by atoms with Crippen LogP contribution in [0.25, 0.3) is 10.9 Å². The number of likely N-dealkylation sites (tertiary alicyclic amines) is 1. The molecule has 3 N–H and O–H groups in total. The number of primary amides is 1. The Kier molecular flexibility index (Phi) is 7.20. The number of carbonyl (C=O) groups excluding carboxylic acids is 2. The maximum Gasteiger partial charge on any atom is 0.256 e. The Morgan fingerprint density at radius 2 is 2.12 bits per heavy atom. The zero-order valence-electron chi connectivity index (χ0n) is 21.7. The van der Waals surface area contributed by atoms with Gasteiger partial charge in [0.2, 0.25) is 5.91 Å². The highest BCUT2D eigenvalue weighted by Crippen LogP contribution is 2.56. The molecule has 0 radical (unpaired) electrons. The van der Waals surface area contributed by atoms with Gasteiger partial charge in [-0.15, -0.1) is 0 Å². The number of nitrogens with one attached hydrogen (secondary N) is 1. The molecule has 0 bridgehead atoms. The normalized spacial score (nSPS) is 21.1. The molecule has 2 fully saturated rings. The Morgan fingerprint density at radius 1 is 1.38 bits per heavy atom. The van der Waals surface area contributed by atoms with Gasteiger partial charge in [-0.05, 0) is 36.1 Å². The van der Waals surface area contributed by atoms with Crippen LogP contribution in [0.2, 0.25) is 5.02 Å². The molecule has 0 spiro atoms. The van der Waals surface area contributed by atoms with Gasteiger partial charge < -0.3 is 20.7 Å². The summed E-state index contributed by atoms with van der Waals surface area (Å²) in [6.45, 7) is 4.22. The van der Waals surface area contributed by atoms with E-state index in [2.05, 4.69) is 39.0 Å². The molecule has 3 heterocycles. The van der Waals surface area contributed by atoms with Crippen molar-refractivity contribution < 1.29 is 23.1 Å². The highest BCUT2D eigenvalue weighted by Gasteiger charge is 2.58. The largest absolute Gasteiger partial charge is 0.383 e. The number of hydrogen-bond donors (Lipinski definition) is 2. The number of nitrogens with two attached hydrogens (primary N) is 1. The van der Waals surface area contributed by atoms with E-state index >= 15 is 0 Å². The van der Waals surface area contributed by atoms with Crippen molar-refractivity contribution in [3.63, 3.8) is 0 Å². The molecule has 1 aliphatic heterocycles. The first-order chi connectivity index (χ1) is 19.1. The SMILES string of the molecule is C=CC(=O)N1C[C@@H](n2nc(C#Cc3cc4nncc(C5CC5(F)F)c4cc3Cl)c(C(N)=O)c2NC)C[C@@H]1COC. The third-order valence-electron chi connectivity index (χ3n) is 7.22. The minimum absolute atomic E-state index is 0.0849. The van der Waals surface area contributed by atoms with E-state index < -0.39 is 17.7 Å². The monoisotopic (exact) mass is 569 g/mol. The first-order valence-electron chi connectivity index (χ1n) is 12.5. The number of carbonyl (C=O) groups is 2. The van der Waals surface area contributed by atoms with Crippen molar-refractivity contribution in [2.24, 2.45) is 5.73 Å². The minimum Gasteiger partial charge on any atom is -0.383 e. The molecule has 2 aliphatic rings. The van der Waals surface area contributed by atoms with E-state index in [1.54, 1.807) is 35.9 Å². The first kappa shape index (κ1) is 27.5. The number of alkyl halides is 2. The summed E-state index contributed by atoms with van der Waals surface area (Å²) >= 11 is 6.49. The lowest BCUT2D eigenvalue weighted by molar-refractivity contribution is -0.127. The summed E-state index contributed by atoms with van der Waals surface area (Å²) in [6.07, 6.45) is 2.86. The summed E-state index contributed by atoms with van der Waals surface area (Å²) < 4.78 is 34.4. The van der Waals surface area contributed by atoms with Gasteiger partial charge in [0, 0.05) is 38.1 Å². The van der Waals surface area contributed by atoms with Crippen molar-refractivity contribution in [1.82, 2.24) is 24.9 Å². The number of halogens is 3. The summed E-state index contributed by atoms with van der Waals surface area (Å²) in [5, 5.41) is 16.2. The van der Waals surface area contributed by atoms with Crippen molar-refractivity contribution in [2.75, 3.05) is 32.6 Å². The van der Waals surface area contributed by atoms with Crippen molar-refractivity contribution in [3.8, 4) is 11.8 Å². The van der Waals surface area contributed by atoms with Gasteiger partial charge in [-0.3, -0.25) is 9.59 Å². The van der Waals surface area contributed by atoms with Gasteiger partial charge in [-0.1, -0.05) is 24.1 Å².